The van der Waals surface area contributed by atoms with Crippen molar-refractivity contribution in [2.24, 2.45) is 0 Å². The summed E-state index contributed by atoms with van der Waals surface area (Å²) in [7, 11) is 0. The molecule has 34 heavy (non-hydrogen) atoms. The first-order valence-corrected chi connectivity index (χ1v) is 11.6. The number of hydrogen-bond donors (Lipinski definition) is 1. The molecule has 0 unspecified atom stereocenters. The number of nitrogens with one attached hydrogen (secondary N) is 1. The van der Waals surface area contributed by atoms with Gasteiger partial charge in [0.2, 0.25) is 0 Å². The highest BCUT2D eigenvalue weighted by atomic mass is 16.5. The van der Waals surface area contributed by atoms with Gasteiger partial charge in [-0.1, -0.05) is 30.3 Å². The highest BCUT2D eigenvalue weighted by Crippen LogP contribution is 2.34. The third-order valence-electron chi connectivity index (χ3n) is 5.82. The Balaban J connectivity index is 1.69. The molecule has 174 valence electrons. The quantitative estimate of drug-likeness (QED) is 0.442. The van der Waals surface area contributed by atoms with Gasteiger partial charge in [-0.3, -0.25) is 9.59 Å². The normalized spacial score (nSPS) is 13.4. The Kier molecular flexibility index (Phi) is 6.97. The minimum atomic E-state index is -0.388. The van der Waals surface area contributed by atoms with E-state index < -0.39 is 0 Å². The number of benzene rings is 3. The Morgan fingerprint density at radius 3 is 2.03 bits per heavy atom. The van der Waals surface area contributed by atoms with Crippen molar-refractivity contribution in [1.82, 2.24) is 0 Å². The van der Waals surface area contributed by atoms with E-state index in [9.17, 15) is 9.59 Å². The molecule has 0 saturated carbocycles. The van der Waals surface area contributed by atoms with Gasteiger partial charge < -0.3 is 15.0 Å². The van der Waals surface area contributed by atoms with Crippen molar-refractivity contribution in [2.75, 3.05) is 34.8 Å². The predicted octanol–water partition coefficient (Wildman–Crippen LogP) is 5.33. The van der Waals surface area contributed by atoms with Crippen molar-refractivity contribution in [1.29, 1.82) is 0 Å². The molecule has 2 amide bonds. The van der Waals surface area contributed by atoms with Gasteiger partial charge in [-0.15, -0.1) is 0 Å². The zero-order valence-corrected chi connectivity index (χ0v) is 19.7. The average molecular weight is 456 g/mol. The summed E-state index contributed by atoms with van der Waals surface area (Å²) in [5.74, 6) is -0.0586. The van der Waals surface area contributed by atoms with Crippen LogP contribution in [0.1, 0.15) is 26.3 Å². The summed E-state index contributed by atoms with van der Waals surface area (Å²) >= 11 is 0. The van der Waals surface area contributed by atoms with Gasteiger partial charge in [-0.2, -0.15) is 0 Å². The van der Waals surface area contributed by atoms with Crippen molar-refractivity contribution in [3.05, 3.63) is 90.1 Å². The number of imide groups is 1. The fourth-order valence-corrected chi connectivity index (χ4v) is 4.10. The number of anilines is 3. The summed E-state index contributed by atoms with van der Waals surface area (Å²) in [6, 6.07) is 24.2. The van der Waals surface area contributed by atoms with E-state index in [1.165, 1.54) is 4.90 Å². The van der Waals surface area contributed by atoms with Crippen LogP contribution in [0.3, 0.4) is 0 Å². The van der Waals surface area contributed by atoms with Crippen LogP contribution in [-0.2, 0) is 9.59 Å². The van der Waals surface area contributed by atoms with Crippen molar-refractivity contribution in [3.63, 3.8) is 0 Å². The first-order chi connectivity index (χ1) is 16.6. The molecule has 4 rings (SSSR count). The lowest BCUT2D eigenvalue weighted by atomic mass is 10.0. The number of carbonyl (C=O) groups is 2. The van der Waals surface area contributed by atoms with Crippen LogP contribution in [0.25, 0.3) is 5.57 Å². The molecular formula is C28H29N3O3. The predicted molar refractivity (Wildman–Crippen MR) is 137 cm³/mol. The minimum Gasteiger partial charge on any atom is -0.494 e. The van der Waals surface area contributed by atoms with Gasteiger partial charge in [0, 0.05) is 24.5 Å². The van der Waals surface area contributed by atoms with E-state index in [0.717, 1.165) is 24.5 Å². The number of carbonyl (C=O) groups excluding carboxylic acids is 2. The summed E-state index contributed by atoms with van der Waals surface area (Å²) < 4.78 is 5.50. The standard InChI is InChI=1S/C28H29N3O3/c1-4-30(5-2)22-14-12-21(13-15-22)29-26-25(20-10-8-7-9-11-20)27(32)31(28(26)33)23-16-18-24(19-17-23)34-6-3/h7-19,29H,4-6H2,1-3H3. The highest BCUT2D eigenvalue weighted by Gasteiger charge is 2.40. The molecule has 6 heteroatoms. The molecular weight excluding hydrogens is 426 g/mol. The van der Waals surface area contributed by atoms with E-state index in [2.05, 4.69) is 24.1 Å². The average Bonchev–Trinajstić information content (AvgIpc) is 3.11. The zero-order chi connectivity index (χ0) is 24.1. The van der Waals surface area contributed by atoms with E-state index in [1.54, 1.807) is 24.3 Å². The van der Waals surface area contributed by atoms with Crippen LogP contribution in [0.4, 0.5) is 17.1 Å². The summed E-state index contributed by atoms with van der Waals surface area (Å²) in [5, 5.41) is 3.23. The van der Waals surface area contributed by atoms with Gasteiger partial charge in [0.15, 0.2) is 0 Å². The second kappa shape index (κ2) is 10.3. The zero-order valence-electron chi connectivity index (χ0n) is 19.7. The Hall–Kier alpha value is -4.06. The topological polar surface area (TPSA) is 61.9 Å². The lowest BCUT2D eigenvalue weighted by Crippen LogP contribution is -2.32. The molecule has 0 aliphatic carbocycles. The SMILES string of the molecule is CCOc1ccc(N2C(=O)C(Nc3ccc(N(CC)CC)cc3)=C(c3ccccc3)C2=O)cc1. The Labute approximate surface area is 200 Å². The largest absolute Gasteiger partial charge is 0.494 e. The van der Waals surface area contributed by atoms with Crippen LogP contribution in [0.15, 0.2) is 84.6 Å². The van der Waals surface area contributed by atoms with Crippen molar-refractivity contribution in [3.8, 4) is 5.75 Å². The molecule has 1 heterocycles. The first kappa shape index (κ1) is 23.1. The van der Waals surface area contributed by atoms with E-state index in [1.807, 2.05) is 61.5 Å². The second-order valence-corrected chi connectivity index (χ2v) is 7.83. The third-order valence-corrected chi connectivity index (χ3v) is 5.82. The lowest BCUT2D eigenvalue weighted by Gasteiger charge is -2.21. The molecule has 6 nitrogen and oxygen atoms in total. The van der Waals surface area contributed by atoms with E-state index in [4.69, 9.17) is 4.74 Å². The van der Waals surface area contributed by atoms with Crippen molar-refractivity contribution in [2.45, 2.75) is 20.8 Å². The van der Waals surface area contributed by atoms with Gasteiger partial charge in [0.05, 0.1) is 17.9 Å². The number of nitrogens with zero attached hydrogens (tertiary/aromatic N) is 2. The van der Waals surface area contributed by atoms with Crippen molar-refractivity contribution < 1.29 is 14.3 Å². The van der Waals surface area contributed by atoms with Gasteiger partial charge in [-0.05, 0) is 74.9 Å². The number of amides is 2. The van der Waals surface area contributed by atoms with Gasteiger partial charge in [0.25, 0.3) is 11.8 Å². The fourth-order valence-electron chi connectivity index (χ4n) is 4.10. The number of ether oxygens (including phenoxy) is 1. The van der Waals surface area contributed by atoms with E-state index >= 15 is 0 Å². The van der Waals surface area contributed by atoms with Gasteiger partial charge in [-0.25, -0.2) is 4.90 Å². The monoisotopic (exact) mass is 455 g/mol. The second-order valence-electron chi connectivity index (χ2n) is 7.83. The van der Waals surface area contributed by atoms with E-state index in [-0.39, 0.29) is 17.5 Å². The van der Waals surface area contributed by atoms with E-state index in [0.29, 0.717) is 29.2 Å². The van der Waals surface area contributed by atoms with Gasteiger partial charge in [0.1, 0.15) is 11.4 Å². The Morgan fingerprint density at radius 1 is 0.794 bits per heavy atom. The molecule has 0 bridgehead atoms. The summed E-state index contributed by atoms with van der Waals surface area (Å²) in [4.78, 5) is 30.5. The molecule has 1 aliphatic rings. The maximum Gasteiger partial charge on any atom is 0.282 e. The smallest absolute Gasteiger partial charge is 0.282 e. The molecule has 3 aromatic rings. The van der Waals surface area contributed by atoms with Crippen LogP contribution in [0, 0.1) is 0 Å². The maximum absolute atomic E-state index is 13.5. The fraction of sp³-hybridized carbons (Fsp3) is 0.214. The van der Waals surface area contributed by atoms with Crippen LogP contribution >= 0.6 is 0 Å². The molecule has 0 fully saturated rings. The summed E-state index contributed by atoms with van der Waals surface area (Å²) in [6.45, 7) is 8.51. The number of rotatable bonds is 9. The lowest BCUT2D eigenvalue weighted by molar-refractivity contribution is -0.120. The molecule has 0 aromatic heterocycles. The summed E-state index contributed by atoms with van der Waals surface area (Å²) in [5.41, 5.74) is 3.66. The molecule has 0 saturated heterocycles. The Morgan fingerprint density at radius 2 is 1.44 bits per heavy atom. The third kappa shape index (κ3) is 4.53. The molecule has 1 aliphatic heterocycles. The van der Waals surface area contributed by atoms with Crippen molar-refractivity contribution >= 4 is 34.4 Å². The molecule has 0 spiro atoms. The summed E-state index contributed by atoms with van der Waals surface area (Å²) in [6.07, 6.45) is 0. The highest BCUT2D eigenvalue weighted by molar-refractivity contribution is 6.46. The number of hydrogen-bond acceptors (Lipinski definition) is 5. The molecule has 0 radical (unpaired) electrons. The Bertz CT molecular complexity index is 1180. The molecule has 3 aromatic carbocycles. The maximum atomic E-state index is 13.5. The van der Waals surface area contributed by atoms with Crippen LogP contribution in [0.2, 0.25) is 0 Å². The minimum absolute atomic E-state index is 0.265. The van der Waals surface area contributed by atoms with Crippen LogP contribution in [-0.4, -0.2) is 31.5 Å². The van der Waals surface area contributed by atoms with Gasteiger partial charge >= 0.3 is 0 Å². The molecule has 1 N–H and O–H groups in total. The van der Waals surface area contributed by atoms with Crippen LogP contribution in [0.5, 0.6) is 5.75 Å². The van der Waals surface area contributed by atoms with Crippen LogP contribution < -0.4 is 19.9 Å². The molecule has 0 atom stereocenters. The first-order valence-electron chi connectivity index (χ1n) is 11.6.